The van der Waals surface area contributed by atoms with Crippen LogP contribution in [0.1, 0.15) is 33.6 Å². The van der Waals surface area contributed by atoms with Crippen LogP contribution in [0, 0.1) is 0 Å². The van der Waals surface area contributed by atoms with Crippen molar-refractivity contribution in [1.82, 2.24) is 4.98 Å². The second-order valence-corrected chi connectivity index (χ2v) is 6.27. The number of nitrogens with zero attached hydrogens (tertiary/aromatic N) is 1. The Hall–Kier alpha value is -1.40. The third-order valence-corrected chi connectivity index (χ3v) is 4.89. The molecule has 2 aromatic heterocycles. The first-order chi connectivity index (χ1) is 8.75. The van der Waals surface area contributed by atoms with Crippen molar-refractivity contribution in [2.75, 3.05) is 11.1 Å². The van der Waals surface area contributed by atoms with E-state index in [1.807, 2.05) is 5.38 Å². The molecule has 2 aromatic rings. The molecular weight excluding hydrogens is 266 g/mol. The zero-order valence-corrected chi connectivity index (χ0v) is 11.4. The first-order valence-electron chi connectivity index (χ1n) is 5.86. The minimum atomic E-state index is -0.123. The molecule has 2 heterocycles. The lowest BCUT2D eigenvalue weighted by Gasteiger charge is -2.12. The summed E-state index contributed by atoms with van der Waals surface area (Å²) in [4.78, 5) is 17.6. The van der Waals surface area contributed by atoms with E-state index in [1.54, 1.807) is 17.5 Å². The molecule has 3 rings (SSSR count). The van der Waals surface area contributed by atoms with Crippen LogP contribution in [0.15, 0.2) is 11.6 Å². The van der Waals surface area contributed by atoms with Crippen molar-refractivity contribution in [1.29, 1.82) is 0 Å². The third kappa shape index (κ3) is 2.02. The number of amides is 1. The van der Waals surface area contributed by atoms with E-state index in [4.69, 9.17) is 5.73 Å². The molecule has 0 bridgehead atoms. The normalized spacial score (nSPS) is 14.2. The molecule has 0 saturated heterocycles. The summed E-state index contributed by atoms with van der Waals surface area (Å²) in [5.41, 5.74) is 7.81. The highest BCUT2D eigenvalue weighted by Crippen LogP contribution is 2.36. The maximum Gasteiger partial charge on any atom is 0.260 e. The minimum absolute atomic E-state index is 0.123. The Labute approximate surface area is 113 Å². The standard InChI is InChI=1S/C12H13N3OS2/c13-10-9(7-3-1-2-4-8(7)18-10)11(16)15-12-14-5-6-17-12/h5-6H,1-4,13H2,(H,14,15,16). The van der Waals surface area contributed by atoms with Crippen LogP contribution in [0.25, 0.3) is 0 Å². The Morgan fingerprint density at radius 3 is 3.00 bits per heavy atom. The number of thiazole rings is 1. The second kappa shape index (κ2) is 4.70. The van der Waals surface area contributed by atoms with Gasteiger partial charge in [-0.05, 0) is 31.2 Å². The number of thiophene rings is 1. The van der Waals surface area contributed by atoms with Gasteiger partial charge in [0, 0.05) is 16.5 Å². The molecule has 1 aliphatic rings. The molecule has 0 fully saturated rings. The van der Waals surface area contributed by atoms with Crippen molar-refractivity contribution in [3.8, 4) is 0 Å². The molecule has 0 radical (unpaired) electrons. The smallest absolute Gasteiger partial charge is 0.260 e. The van der Waals surface area contributed by atoms with E-state index >= 15 is 0 Å². The highest BCUT2D eigenvalue weighted by Gasteiger charge is 2.24. The van der Waals surface area contributed by atoms with Gasteiger partial charge in [0.2, 0.25) is 0 Å². The van der Waals surface area contributed by atoms with Crippen LogP contribution in [-0.2, 0) is 12.8 Å². The van der Waals surface area contributed by atoms with Gasteiger partial charge in [-0.2, -0.15) is 0 Å². The summed E-state index contributed by atoms with van der Waals surface area (Å²) in [6.45, 7) is 0. The molecule has 18 heavy (non-hydrogen) atoms. The van der Waals surface area contributed by atoms with Gasteiger partial charge in [-0.3, -0.25) is 10.1 Å². The predicted molar refractivity (Wildman–Crippen MR) is 75.4 cm³/mol. The van der Waals surface area contributed by atoms with Gasteiger partial charge in [-0.1, -0.05) is 0 Å². The van der Waals surface area contributed by atoms with Gasteiger partial charge in [-0.25, -0.2) is 4.98 Å². The highest BCUT2D eigenvalue weighted by atomic mass is 32.1. The quantitative estimate of drug-likeness (QED) is 0.888. The number of nitrogens with one attached hydrogen (secondary N) is 1. The van der Waals surface area contributed by atoms with Crippen LogP contribution in [0.3, 0.4) is 0 Å². The molecule has 0 atom stereocenters. The summed E-state index contributed by atoms with van der Waals surface area (Å²) in [6.07, 6.45) is 6.02. The minimum Gasteiger partial charge on any atom is -0.390 e. The van der Waals surface area contributed by atoms with Gasteiger partial charge in [0.05, 0.1) is 10.6 Å². The first kappa shape index (κ1) is 11.7. The van der Waals surface area contributed by atoms with Gasteiger partial charge < -0.3 is 5.73 Å². The molecule has 0 aliphatic heterocycles. The Morgan fingerprint density at radius 1 is 1.39 bits per heavy atom. The van der Waals surface area contributed by atoms with Crippen molar-refractivity contribution in [2.45, 2.75) is 25.7 Å². The Bertz CT molecular complexity index is 574. The molecule has 0 aromatic carbocycles. The lowest BCUT2D eigenvalue weighted by molar-refractivity contribution is 0.102. The number of nitrogen functional groups attached to an aromatic ring is 1. The number of rotatable bonds is 2. The van der Waals surface area contributed by atoms with Crippen LogP contribution in [0.2, 0.25) is 0 Å². The van der Waals surface area contributed by atoms with Gasteiger partial charge in [0.15, 0.2) is 5.13 Å². The zero-order valence-electron chi connectivity index (χ0n) is 9.73. The van der Waals surface area contributed by atoms with E-state index in [2.05, 4.69) is 10.3 Å². The van der Waals surface area contributed by atoms with Crippen molar-refractivity contribution in [2.24, 2.45) is 0 Å². The van der Waals surface area contributed by atoms with Crippen LogP contribution in [-0.4, -0.2) is 10.9 Å². The number of anilines is 2. The van der Waals surface area contributed by atoms with Crippen molar-refractivity contribution in [3.63, 3.8) is 0 Å². The fourth-order valence-electron chi connectivity index (χ4n) is 2.28. The number of hydrogen-bond acceptors (Lipinski definition) is 5. The number of carbonyl (C=O) groups excluding carboxylic acids is 1. The SMILES string of the molecule is Nc1sc2c(c1C(=O)Nc1nccs1)CCCC2. The fourth-order valence-corrected chi connectivity index (χ4v) is 3.96. The van der Waals surface area contributed by atoms with Crippen molar-refractivity contribution >= 4 is 38.7 Å². The molecule has 0 saturated carbocycles. The number of aromatic nitrogens is 1. The number of hydrogen-bond donors (Lipinski definition) is 2. The largest absolute Gasteiger partial charge is 0.390 e. The molecule has 0 spiro atoms. The van der Waals surface area contributed by atoms with Gasteiger partial charge in [0.1, 0.15) is 0 Å². The Kier molecular flexibility index (Phi) is 3.05. The number of carbonyl (C=O) groups is 1. The first-order valence-corrected chi connectivity index (χ1v) is 7.56. The molecule has 1 aliphatic carbocycles. The second-order valence-electron chi connectivity index (χ2n) is 4.24. The van der Waals surface area contributed by atoms with Gasteiger partial charge >= 0.3 is 0 Å². The number of fused-ring (bicyclic) bond motifs is 1. The third-order valence-electron chi connectivity index (χ3n) is 3.08. The van der Waals surface area contributed by atoms with Crippen molar-refractivity contribution in [3.05, 3.63) is 27.6 Å². The van der Waals surface area contributed by atoms with Crippen LogP contribution < -0.4 is 11.1 Å². The maximum absolute atomic E-state index is 12.2. The van der Waals surface area contributed by atoms with Crippen LogP contribution >= 0.6 is 22.7 Å². The lowest BCUT2D eigenvalue weighted by atomic mass is 9.95. The zero-order chi connectivity index (χ0) is 12.5. The number of aryl methyl sites for hydroxylation is 1. The maximum atomic E-state index is 12.2. The summed E-state index contributed by atoms with van der Waals surface area (Å²) in [6, 6.07) is 0. The molecule has 0 unspecified atom stereocenters. The summed E-state index contributed by atoms with van der Waals surface area (Å²) in [5.74, 6) is -0.123. The van der Waals surface area contributed by atoms with E-state index < -0.39 is 0 Å². The summed E-state index contributed by atoms with van der Waals surface area (Å²) in [7, 11) is 0. The lowest BCUT2D eigenvalue weighted by Crippen LogP contribution is -2.15. The molecule has 4 nitrogen and oxygen atoms in total. The Morgan fingerprint density at radius 2 is 2.22 bits per heavy atom. The van der Waals surface area contributed by atoms with E-state index in [0.29, 0.717) is 15.7 Å². The summed E-state index contributed by atoms with van der Waals surface area (Å²) >= 11 is 2.97. The average molecular weight is 279 g/mol. The highest BCUT2D eigenvalue weighted by molar-refractivity contribution is 7.16. The van der Waals surface area contributed by atoms with E-state index in [0.717, 1.165) is 24.8 Å². The van der Waals surface area contributed by atoms with Crippen molar-refractivity contribution < 1.29 is 4.79 Å². The fraction of sp³-hybridized carbons (Fsp3) is 0.333. The molecule has 6 heteroatoms. The van der Waals surface area contributed by atoms with Gasteiger partial charge in [0.25, 0.3) is 5.91 Å². The van der Waals surface area contributed by atoms with Crippen LogP contribution in [0.4, 0.5) is 10.1 Å². The molecule has 3 N–H and O–H groups in total. The molecule has 94 valence electrons. The number of nitrogens with two attached hydrogens (primary N) is 1. The van der Waals surface area contributed by atoms with E-state index in [9.17, 15) is 4.79 Å². The predicted octanol–water partition coefficient (Wildman–Crippen LogP) is 2.92. The van der Waals surface area contributed by atoms with Crippen LogP contribution in [0.5, 0.6) is 0 Å². The Balaban J connectivity index is 1.91. The van der Waals surface area contributed by atoms with E-state index in [1.165, 1.54) is 22.6 Å². The monoisotopic (exact) mass is 279 g/mol. The van der Waals surface area contributed by atoms with Gasteiger partial charge in [-0.15, -0.1) is 22.7 Å². The average Bonchev–Trinajstić information content (AvgIpc) is 2.94. The topological polar surface area (TPSA) is 68.0 Å². The van der Waals surface area contributed by atoms with E-state index in [-0.39, 0.29) is 5.91 Å². The molecular formula is C12H13N3OS2. The summed E-state index contributed by atoms with van der Waals surface area (Å²) in [5, 5.41) is 5.90. The summed E-state index contributed by atoms with van der Waals surface area (Å²) < 4.78 is 0. The molecule has 1 amide bonds.